The molecule has 6 heteroatoms. The highest BCUT2D eigenvalue weighted by atomic mass is 16.5. The SMILES string of the molecule is Cc1nccc(-c2noc(C3(CN)CC3)n2)n1. The molecule has 0 spiro atoms. The average molecular weight is 231 g/mol. The number of rotatable bonds is 3. The Hall–Kier alpha value is -1.82. The Morgan fingerprint density at radius 3 is 2.88 bits per heavy atom. The summed E-state index contributed by atoms with van der Waals surface area (Å²) in [6.07, 6.45) is 3.73. The van der Waals surface area contributed by atoms with Crippen molar-refractivity contribution < 1.29 is 4.52 Å². The van der Waals surface area contributed by atoms with Crippen molar-refractivity contribution in [2.24, 2.45) is 5.73 Å². The molecule has 0 aliphatic heterocycles. The molecule has 2 N–H and O–H groups in total. The van der Waals surface area contributed by atoms with E-state index in [1.165, 1.54) is 0 Å². The molecule has 88 valence electrons. The van der Waals surface area contributed by atoms with Crippen molar-refractivity contribution in [2.45, 2.75) is 25.2 Å². The molecule has 1 fully saturated rings. The van der Waals surface area contributed by atoms with Crippen molar-refractivity contribution in [3.05, 3.63) is 24.0 Å². The summed E-state index contributed by atoms with van der Waals surface area (Å²) < 4.78 is 5.28. The highest BCUT2D eigenvalue weighted by Crippen LogP contribution is 2.46. The molecule has 0 unspecified atom stereocenters. The zero-order chi connectivity index (χ0) is 11.9. The quantitative estimate of drug-likeness (QED) is 0.841. The van der Waals surface area contributed by atoms with Crippen LogP contribution in [0.3, 0.4) is 0 Å². The highest BCUT2D eigenvalue weighted by molar-refractivity contribution is 5.47. The summed E-state index contributed by atoms with van der Waals surface area (Å²) in [4.78, 5) is 12.7. The summed E-state index contributed by atoms with van der Waals surface area (Å²) in [6, 6.07) is 1.77. The monoisotopic (exact) mass is 231 g/mol. The van der Waals surface area contributed by atoms with Crippen LogP contribution < -0.4 is 5.73 Å². The van der Waals surface area contributed by atoms with E-state index >= 15 is 0 Å². The van der Waals surface area contributed by atoms with Crippen LogP contribution in [0.25, 0.3) is 11.5 Å². The van der Waals surface area contributed by atoms with Crippen molar-refractivity contribution in [3.63, 3.8) is 0 Å². The van der Waals surface area contributed by atoms with Gasteiger partial charge < -0.3 is 10.3 Å². The average Bonchev–Trinajstić information content (AvgIpc) is 2.99. The molecule has 0 aromatic carbocycles. The Labute approximate surface area is 98.3 Å². The van der Waals surface area contributed by atoms with Gasteiger partial charge in [0.15, 0.2) is 0 Å². The van der Waals surface area contributed by atoms with Crippen LogP contribution in [0.2, 0.25) is 0 Å². The first-order chi connectivity index (χ1) is 8.23. The van der Waals surface area contributed by atoms with Crippen molar-refractivity contribution in [1.29, 1.82) is 0 Å². The van der Waals surface area contributed by atoms with Gasteiger partial charge in [-0.1, -0.05) is 5.16 Å². The van der Waals surface area contributed by atoms with Gasteiger partial charge in [-0.3, -0.25) is 0 Å². The summed E-state index contributed by atoms with van der Waals surface area (Å²) in [5, 5.41) is 3.95. The Balaban J connectivity index is 1.95. The molecule has 6 nitrogen and oxygen atoms in total. The van der Waals surface area contributed by atoms with E-state index in [1.54, 1.807) is 12.3 Å². The van der Waals surface area contributed by atoms with Gasteiger partial charge in [-0.15, -0.1) is 0 Å². The molecule has 0 atom stereocenters. The zero-order valence-electron chi connectivity index (χ0n) is 9.55. The van der Waals surface area contributed by atoms with Crippen LogP contribution in [0, 0.1) is 6.92 Å². The van der Waals surface area contributed by atoms with Crippen molar-refractivity contribution in [2.75, 3.05) is 6.54 Å². The maximum Gasteiger partial charge on any atom is 0.234 e. The molecule has 0 amide bonds. The van der Waals surface area contributed by atoms with E-state index in [2.05, 4.69) is 20.1 Å². The van der Waals surface area contributed by atoms with Gasteiger partial charge in [-0.2, -0.15) is 4.98 Å². The molecule has 2 aromatic heterocycles. The minimum Gasteiger partial charge on any atom is -0.338 e. The number of aryl methyl sites for hydroxylation is 1. The minimum atomic E-state index is -0.0761. The summed E-state index contributed by atoms with van der Waals surface area (Å²) in [7, 11) is 0. The third-order valence-corrected chi connectivity index (χ3v) is 3.13. The van der Waals surface area contributed by atoms with Gasteiger partial charge in [-0.05, 0) is 25.8 Å². The molecule has 17 heavy (non-hydrogen) atoms. The Morgan fingerprint density at radius 2 is 2.24 bits per heavy atom. The van der Waals surface area contributed by atoms with E-state index in [-0.39, 0.29) is 5.41 Å². The predicted octanol–water partition coefficient (Wildman–Crippen LogP) is 0.825. The third-order valence-electron chi connectivity index (χ3n) is 3.13. The van der Waals surface area contributed by atoms with Crippen LogP contribution in [0.15, 0.2) is 16.8 Å². The lowest BCUT2D eigenvalue weighted by molar-refractivity contribution is 0.347. The van der Waals surface area contributed by atoms with E-state index in [4.69, 9.17) is 10.3 Å². The van der Waals surface area contributed by atoms with Crippen LogP contribution >= 0.6 is 0 Å². The number of hydrogen-bond acceptors (Lipinski definition) is 6. The second-order valence-corrected chi connectivity index (χ2v) is 4.40. The smallest absolute Gasteiger partial charge is 0.234 e. The van der Waals surface area contributed by atoms with E-state index in [9.17, 15) is 0 Å². The first kappa shape index (κ1) is 10.3. The molecular formula is C11H13N5O. The molecule has 1 aliphatic rings. The molecule has 0 saturated heterocycles. The van der Waals surface area contributed by atoms with Gasteiger partial charge in [0, 0.05) is 12.7 Å². The maximum atomic E-state index is 5.72. The number of nitrogens with zero attached hydrogens (tertiary/aromatic N) is 4. The van der Waals surface area contributed by atoms with Gasteiger partial charge in [0.2, 0.25) is 11.7 Å². The van der Waals surface area contributed by atoms with Gasteiger partial charge in [0.05, 0.1) is 5.41 Å². The molecule has 2 aromatic rings. The Morgan fingerprint density at radius 1 is 1.41 bits per heavy atom. The van der Waals surface area contributed by atoms with Crippen molar-refractivity contribution in [1.82, 2.24) is 20.1 Å². The van der Waals surface area contributed by atoms with E-state index < -0.39 is 0 Å². The van der Waals surface area contributed by atoms with Crippen LogP contribution in [-0.2, 0) is 5.41 Å². The summed E-state index contributed by atoms with van der Waals surface area (Å²) in [6.45, 7) is 2.38. The van der Waals surface area contributed by atoms with Crippen molar-refractivity contribution in [3.8, 4) is 11.5 Å². The molecule has 1 aliphatic carbocycles. The second kappa shape index (κ2) is 3.59. The topological polar surface area (TPSA) is 90.7 Å². The third kappa shape index (κ3) is 1.70. The zero-order valence-corrected chi connectivity index (χ0v) is 9.55. The standard InChI is InChI=1S/C11H13N5O/c1-7-13-5-2-8(14-7)9-15-10(17-16-9)11(6-12)3-4-11/h2,5H,3-4,6,12H2,1H3. The van der Waals surface area contributed by atoms with Gasteiger partial charge in [0.1, 0.15) is 11.5 Å². The number of nitrogens with two attached hydrogens (primary N) is 1. The van der Waals surface area contributed by atoms with Crippen LogP contribution in [0.4, 0.5) is 0 Å². The molecule has 2 heterocycles. The molecule has 3 rings (SSSR count). The fourth-order valence-electron chi connectivity index (χ4n) is 1.78. The first-order valence-corrected chi connectivity index (χ1v) is 5.58. The maximum absolute atomic E-state index is 5.72. The van der Waals surface area contributed by atoms with Crippen molar-refractivity contribution >= 4 is 0 Å². The normalized spacial score (nSPS) is 17.1. The largest absolute Gasteiger partial charge is 0.338 e. The summed E-state index contributed by atoms with van der Waals surface area (Å²) in [5.74, 6) is 1.82. The predicted molar refractivity (Wildman–Crippen MR) is 60.0 cm³/mol. The fraction of sp³-hybridized carbons (Fsp3) is 0.455. The van der Waals surface area contributed by atoms with Gasteiger partial charge >= 0.3 is 0 Å². The molecule has 0 radical (unpaired) electrons. The lowest BCUT2D eigenvalue weighted by Crippen LogP contribution is -2.19. The summed E-state index contributed by atoms with van der Waals surface area (Å²) in [5.41, 5.74) is 6.32. The fourth-order valence-corrected chi connectivity index (χ4v) is 1.78. The molecule has 0 bridgehead atoms. The lowest BCUT2D eigenvalue weighted by atomic mass is 10.1. The Kier molecular flexibility index (Phi) is 2.19. The molecular weight excluding hydrogens is 218 g/mol. The Bertz CT molecular complexity index is 546. The summed E-state index contributed by atoms with van der Waals surface area (Å²) >= 11 is 0. The van der Waals surface area contributed by atoms with Gasteiger partial charge in [-0.25, -0.2) is 9.97 Å². The van der Waals surface area contributed by atoms with E-state index in [1.807, 2.05) is 6.92 Å². The van der Waals surface area contributed by atoms with Gasteiger partial charge in [0.25, 0.3) is 0 Å². The number of aromatic nitrogens is 4. The minimum absolute atomic E-state index is 0.0761. The lowest BCUT2D eigenvalue weighted by Gasteiger charge is -2.03. The van der Waals surface area contributed by atoms with Crippen LogP contribution in [0.5, 0.6) is 0 Å². The van der Waals surface area contributed by atoms with E-state index in [0.717, 1.165) is 12.8 Å². The highest BCUT2D eigenvalue weighted by Gasteiger charge is 2.48. The first-order valence-electron chi connectivity index (χ1n) is 5.58. The van der Waals surface area contributed by atoms with E-state index in [0.29, 0.717) is 29.8 Å². The molecule has 1 saturated carbocycles. The second-order valence-electron chi connectivity index (χ2n) is 4.40. The van der Waals surface area contributed by atoms with Crippen LogP contribution in [-0.4, -0.2) is 26.7 Å². The number of hydrogen-bond donors (Lipinski definition) is 1. The van der Waals surface area contributed by atoms with Crippen LogP contribution in [0.1, 0.15) is 24.6 Å².